The van der Waals surface area contributed by atoms with Crippen molar-refractivity contribution in [3.63, 3.8) is 0 Å². The van der Waals surface area contributed by atoms with E-state index in [2.05, 4.69) is 0 Å². The monoisotopic (exact) mass is 444 g/mol. The van der Waals surface area contributed by atoms with Crippen LogP contribution in [0, 0.1) is 6.92 Å². The van der Waals surface area contributed by atoms with E-state index in [-0.39, 0.29) is 16.8 Å². The van der Waals surface area contributed by atoms with Crippen LogP contribution in [-0.4, -0.2) is 46.0 Å². The number of anilines is 1. The highest BCUT2D eigenvalue weighted by atomic mass is 32.2. The van der Waals surface area contributed by atoms with Crippen molar-refractivity contribution < 1.29 is 17.9 Å². The van der Waals surface area contributed by atoms with Crippen molar-refractivity contribution in [2.75, 3.05) is 25.0 Å². The van der Waals surface area contributed by atoms with Crippen molar-refractivity contribution in [2.45, 2.75) is 56.9 Å². The minimum Gasteiger partial charge on any atom is -0.495 e. The molecule has 0 bridgehead atoms. The normalized spacial score (nSPS) is 14.8. The number of aryl methyl sites for hydroxylation is 1. The molecule has 1 aliphatic rings. The topological polar surface area (TPSA) is 66.9 Å². The van der Waals surface area contributed by atoms with E-state index in [1.807, 2.05) is 18.7 Å². The van der Waals surface area contributed by atoms with Gasteiger partial charge in [-0.2, -0.15) is 0 Å². The van der Waals surface area contributed by atoms with Crippen molar-refractivity contribution in [1.29, 1.82) is 0 Å². The Labute approximate surface area is 185 Å². The number of methoxy groups -OCH3 is 1. The van der Waals surface area contributed by atoms with Crippen LogP contribution < -0.4 is 9.04 Å². The first kappa shape index (κ1) is 23.1. The third kappa shape index (κ3) is 4.71. The van der Waals surface area contributed by atoms with Crippen LogP contribution in [0.15, 0.2) is 47.4 Å². The number of carbonyl (C=O) groups is 1. The number of carbonyl (C=O) groups excluding carboxylic acids is 1. The number of para-hydroxylation sites is 2. The number of hydrogen-bond acceptors (Lipinski definition) is 4. The summed E-state index contributed by atoms with van der Waals surface area (Å²) in [5, 5.41) is 0. The molecule has 3 rings (SSSR count). The van der Waals surface area contributed by atoms with Gasteiger partial charge in [-0.3, -0.25) is 9.10 Å². The van der Waals surface area contributed by atoms with Crippen LogP contribution in [-0.2, 0) is 10.0 Å². The van der Waals surface area contributed by atoms with Gasteiger partial charge in [0.2, 0.25) is 0 Å². The molecular weight excluding hydrogens is 412 g/mol. The molecule has 0 unspecified atom stereocenters. The van der Waals surface area contributed by atoms with Crippen LogP contribution in [0.2, 0.25) is 0 Å². The van der Waals surface area contributed by atoms with Gasteiger partial charge in [-0.05, 0) is 56.5 Å². The Hall–Kier alpha value is -2.54. The highest BCUT2D eigenvalue weighted by molar-refractivity contribution is 7.92. The summed E-state index contributed by atoms with van der Waals surface area (Å²) in [5.74, 6) is 0.371. The molecule has 1 aliphatic carbocycles. The summed E-state index contributed by atoms with van der Waals surface area (Å²) >= 11 is 0. The van der Waals surface area contributed by atoms with Crippen molar-refractivity contribution in [1.82, 2.24) is 4.90 Å². The van der Waals surface area contributed by atoms with E-state index in [0.717, 1.165) is 31.2 Å². The Morgan fingerprint density at radius 3 is 2.42 bits per heavy atom. The maximum Gasteiger partial charge on any atom is 0.264 e. The van der Waals surface area contributed by atoms with Crippen LogP contribution in [0.25, 0.3) is 0 Å². The van der Waals surface area contributed by atoms with Crippen molar-refractivity contribution >= 4 is 21.6 Å². The average Bonchev–Trinajstić information content (AvgIpc) is 2.79. The van der Waals surface area contributed by atoms with Crippen LogP contribution in [0.3, 0.4) is 0 Å². The Kier molecular flexibility index (Phi) is 7.26. The molecule has 1 saturated carbocycles. The van der Waals surface area contributed by atoms with E-state index < -0.39 is 10.0 Å². The van der Waals surface area contributed by atoms with E-state index in [9.17, 15) is 13.2 Å². The maximum atomic E-state index is 13.4. The summed E-state index contributed by atoms with van der Waals surface area (Å²) in [4.78, 5) is 15.4. The Bertz CT molecular complexity index is 1030. The second-order valence-corrected chi connectivity index (χ2v) is 9.97. The van der Waals surface area contributed by atoms with Gasteiger partial charge in [0.05, 0.1) is 17.7 Å². The lowest BCUT2D eigenvalue weighted by molar-refractivity contribution is 0.0647. The second-order valence-electron chi connectivity index (χ2n) is 8.00. The molecule has 0 N–H and O–H groups in total. The number of sulfonamides is 1. The number of ether oxygens (including phenoxy) is 1. The number of rotatable bonds is 7. The fraction of sp³-hybridized carbons (Fsp3) is 0.458. The van der Waals surface area contributed by atoms with Gasteiger partial charge in [-0.25, -0.2) is 8.42 Å². The average molecular weight is 445 g/mol. The molecule has 0 aromatic heterocycles. The minimum absolute atomic E-state index is 0.0922. The molecule has 0 radical (unpaired) electrons. The zero-order chi connectivity index (χ0) is 22.6. The standard InChI is InChI=1S/C24H32N2O4S/c1-5-26(19-11-7-6-8-12-19)24(27)21-17-20(16-15-18(21)2)31(28,29)25(3)22-13-9-10-14-23(22)30-4/h9-10,13-17,19H,5-8,11-12H2,1-4H3. The lowest BCUT2D eigenvalue weighted by Gasteiger charge is -2.34. The molecule has 0 atom stereocenters. The molecule has 2 aromatic rings. The lowest BCUT2D eigenvalue weighted by atomic mass is 9.93. The summed E-state index contributed by atoms with van der Waals surface area (Å²) in [6, 6.07) is 12.0. The molecule has 0 spiro atoms. The molecular formula is C24H32N2O4S. The predicted molar refractivity (Wildman–Crippen MR) is 123 cm³/mol. The smallest absolute Gasteiger partial charge is 0.264 e. The van der Waals surface area contributed by atoms with E-state index in [0.29, 0.717) is 23.5 Å². The molecule has 7 heteroatoms. The first-order valence-corrected chi connectivity index (χ1v) is 12.3. The molecule has 6 nitrogen and oxygen atoms in total. The minimum atomic E-state index is -3.87. The summed E-state index contributed by atoms with van der Waals surface area (Å²) in [6.07, 6.45) is 5.49. The molecule has 168 valence electrons. The van der Waals surface area contributed by atoms with E-state index in [4.69, 9.17) is 4.74 Å². The summed E-state index contributed by atoms with van der Waals surface area (Å²) in [7, 11) is -0.871. The third-order valence-corrected chi connectivity index (χ3v) is 7.91. The summed E-state index contributed by atoms with van der Waals surface area (Å²) in [5.41, 5.74) is 1.66. The SMILES string of the molecule is CCN(C(=O)c1cc(S(=O)(=O)N(C)c2ccccc2OC)ccc1C)C1CCCCC1. The number of hydrogen-bond donors (Lipinski definition) is 0. The van der Waals surface area contributed by atoms with Gasteiger partial charge >= 0.3 is 0 Å². The van der Waals surface area contributed by atoms with Gasteiger partial charge in [-0.1, -0.05) is 37.5 Å². The van der Waals surface area contributed by atoms with Crippen molar-refractivity contribution in [2.24, 2.45) is 0 Å². The predicted octanol–water partition coefficient (Wildman–Crippen LogP) is 4.62. The zero-order valence-corrected chi connectivity index (χ0v) is 19.6. The molecule has 31 heavy (non-hydrogen) atoms. The van der Waals surface area contributed by atoms with Gasteiger partial charge in [-0.15, -0.1) is 0 Å². The molecule has 1 amide bonds. The Morgan fingerprint density at radius 1 is 1.10 bits per heavy atom. The maximum absolute atomic E-state index is 13.4. The Morgan fingerprint density at radius 2 is 1.77 bits per heavy atom. The molecule has 0 aliphatic heterocycles. The van der Waals surface area contributed by atoms with E-state index >= 15 is 0 Å². The highest BCUT2D eigenvalue weighted by Crippen LogP contribution is 2.32. The summed E-state index contributed by atoms with van der Waals surface area (Å²) in [6.45, 7) is 4.45. The van der Waals surface area contributed by atoms with Crippen molar-refractivity contribution in [3.05, 3.63) is 53.6 Å². The first-order chi connectivity index (χ1) is 14.8. The largest absolute Gasteiger partial charge is 0.495 e. The van der Waals surface area contributed by atoms with Crippen molar-refractivity contribution in [3.8, 4) is 5.75 Å². The quantitative estimate of drug-likeness (QED) is 0.625. The van der Waals surface area contributed by atoms with Gasteiger partial charge in [0.25, 0.3) is 15.9 Å². The van der Waals surface area contributed by atoms with Gasteiger partial charge < -0.3 is 9.64 Å². The third-order valence-electron chi connectivity index (χ3n) is 6.14. The fourth-order valence-electron chi connectivity index (χ4n) is 4.28. The van der Waals surface area contributed by atoms with Crippen LogP contribution in [0.1, 0.15) is 54.9 Å². The number of amides is 1. The van der Waals surface area contributed by atoms with Crippen LogP contribution in [0.5, 0.6) is 5.75 Å². The summed E-state index contributed by atoms with van der Waals surface area (Å²) < 4.78 is 33.3. The van der Waals surface area contributed by atoms with E-state index in [1.165, 1.54) is 30.9 Å². The molecule has 0 saturated heterocycles. The van der Waals surface area contributed by atoms with Gasteiger partial charge in [0.1, 0.15) is 5.75 Å². The van der Waals surface area contributed by atoms with Crippen LogP contribution >= 0.6 is 0 Å². The lowest BCUT2D eigenvalue weighted by Crippen LogP contribution is -2.41. The molecule has 1 fully saturated rings. The second kappa shape index (κ2) is 9.73. The molecule has 0 heterocycles. The number of benzene rings is 2. The Balaban J connectivity index is 1.96. The van der Waals surface area contributed by atoms with Crippen LogP contribution in [0.4, 0.5) is 5.69 Å². The first-order valence-electron chi connectivity index (χ1n) is 10.8. The molecule has 2 aromatic carbocycles. The zero-order valence-electron chi connectivity index (χ0n) is 18.8. The number of nitrogens with zero attached hydrogens (tertiary/aromatic N) is 2. The van der Waals surface area contributed by atoms with Gasteiger partial charge in [0.15, 0.2) is 0 Å². The van der Waals surface area contributed by atoms with E-state index in [1.54, 1.807) is 36.4 Å². The fourth-order valence-corrected chi connectivity index (χ4v) is 5.52. The highest BCUT2D eigenvalue weighted by Gasteiger charge is 2.29. The van der Waals surface area contributed by atoms with Gasteiger partial charge in [0, 0.05) is 25.2 Å².